The van der Waals surface area contributed by atoms with Gasteiger partial charge in [-0.05, 0) is 79.2 Å². The minimum absolute atomic E-state index is 0.0227. The van der Waals surface area contributed by atoms with E-state index in [1.165, 1.54) is 0 Å². The van der Waals surface area contributed by atoms with Gasteiger partial charge in [0.05, 0.1) is 23.9 Å². The summed E-state index contributed by atoms with van der Waals surface area (Å²) in [7, 11) is 0. The van der Waals surface area contributed by atoms with E-state index in [2.05, 4.69) is 31.0 Å². The monoisotopic (exact) mass is 698 g/mol. The number of likely N-dealkylation sites (tertiary alicyclic amines) is 2. The fraction of sp³-hybridized carbons (Fsp3) is 0.878. The van der Waals surface area contributed by atoms with Crippen LogP contribution in [0.3, 0.4) is 0 Å². The molecule has 3 saturated carbocycles. The quantitative estimate of drug-likeness (QED) is 0.225. The summed E-state index contributed by atoms with van der Waals surface area (Å²) >= 11 is 0. The number of Topliss-reactive ketones (excluding diaryl/α,β-unsaturated/α-hetero) is 2. The first-order valence-corrected chi connectivity index (χ1v) is 19.8. The topological polar surface area (TPSA) is 124 Å². The fourth-order valence-corrected chi connectivity index (χ4v) is 10.8. The molecule has 0 bridgehead atoms. The van der Waals surface area contributed by atoms with Gasteiger partial charge in [-0.3, -0.25) is 24.0 Å². The lowest BCUT2D eigenvalue weighted by Crippen LogP contribution is -2.54. The van der Waals surface area contributed by atoms with Gasteiger partial charge in [0.1, 0.15) is 0 Å². The van der Waals surface area contributed by atoms with Gasteiger partial charge in [-0.15, -0.1) is 0 Å². The van der Waals surface area contributed by atoms with Crippen molar-refractivity contribution in [2.75, 3.05) is 26.2 Å². The second-order valence-electron chi connectivity index (χ2n) is 19.7. The molecule has 2 amide bonds. The third-order valence-electron chi connectivity index (χ3n) is 14.7. The Morgan fingerprint density at radius 1 is 0.880 bits per heavy atom. The molecule has 3 aliphatic carbocycles. The van der Waals surface area contributed by atoms with Crippen LogP contribution in [0.5, 0.6) is 0 Å². The first-order chi connectivity index (χ1) is 23.2. The van der Waals surface area contributed by atoms with Crippen LogP contribution in [0, 0.1) is 50.7 Å². The maximum atomic E-state index is 15.0. The van der Waals surface area contributed by atoms with Crippen molar-refractivity contribution in [1.29, 1.82) is 0 Å². The number of carboxylic acid groups (broad SMARTS) is 1. The number of carbonyl (C=O) groups excluding carboxylic acids is 4. The van der Waals surface area contributed by atoms with Crippen molar-refractivity contribution < 1.29 is 29.1 Å². The highest BCUT2D eigenvalue weighted by molar-refractivity contribution is 5.96. The molecule has 50 heavy (non-hydrogen) atoms. The number of nitrogens with one attached hydrogen (secondary N) is 1. The molecule has 0 aromatic rings. The van der Waals surface area contributed by atoms with Crippen molar-refractivity contribution in [3.63, 3.8) is 0 Å². The van der Waals surface area contributed by atoms with E-state index in [1.54, 1.807) is 4.90 Å². The highest BCUT2D eigenvalue weighted by Crippen LogP contribution is 2.88. The standard InChI is InChI=1S/C41H67N3O6/c1-10-43-19-12-16-27(24-43)34(47)42-33(38(5,6)7)32(46)22-29(37(2,3)4)35(48)44-25-41(39(8,9)40(41)17-13-18-40)23-30(44)31(45)21-28(36(49)50)20-26-14-11-15-26/h26-30,33H,10-25H2,1-9H3,(H,42,47)(H,49,50)/t27-,28-,29-,30-,33+,41?/m0/s1. The van der Waals surface area contributed by atoms with E-state index < -0.39 is 40.7 Å². The lowest BCUT2D eigenvalue weighted by molar-refractivity contribution is -0.148. The highest BCUT2D eigenvalue weighted by Gasteiger charge is 2.85. The van der Waals surface area contributed by atoms with Crippen LogP contribution in [-0.4, -0.2) is 82.5 Å². The number of nitrogens with zero attached hydrogens (tertiary/aromatic N) is 2. The van der Waals surface area contributed by atoms with E-state index in [0.717, 1.165) is 64.5 Å². The van der Waals surface area contributed by atoms with Crippen LogP contribution in [0.4, 0.5) is 0 Å². The van der Waals surface area contributed by atoms with Crippen LogP contribution >= 0.6 is 0 Å². The third kappa shape index (κ3) is 6.94. The summed E-state index contributed by atoms with van der Waals surface area (Å²) in [5.41, 5.74) is -1.25. The summed E-state index contributed by atoms with van der Waals surface area (Å²) in [6, 6.07) is -1.44. The van der Waals surface area contributed by atoms with Gasteiger partial charge in [0.15, 0.2) is 11.6 Å². The first kappa shape index (κ1) is 38.9. The molecular weight excluding hydrogens is 630 g/mol. The zero-order valence-corrected chi connectivity index (χ0v) is 32.7. The Balaban J connectivity index is 1.39. The van der Waals surface area contributed by atoms with Crippen LogP contribution in [0.2, 0.25) is 0 Å². The lowest BCUT2D eigenvalue weighted by Gasteiger charge is -2.38. The van der Waals surface area contributed by atoms with E-state index in [0.29, 0.717) is 31.8 Å². The van der Waals surface area contributed by atoms with Gasteiger partial charge in [-0.2, -0.15) is 0 Å². The molecule has 6 atom stereocenters. The molecule has 2 aliphatic heterocycles. The highest BCUT2D eigenvalue weighted by atomic mass is 16.4. The van der Waals surface area contributed by atoms with Crippen LogP contribution in [0.1, 0.15) is 139 Å². The van der Waals surface area contributed by atoms with Crippen LogP contribution in [0.15, 0.2) is 0 Å². The Labute approximate surface area is 301 Å². The van der Waals surface area contributed by atoms with Gasteiger partial charge < -0.3 is 20.2 Å². The van der Waals surface area contributed by atoms with E-state index in [9.17, 15) is 29.1 Å². The van der Waals surface area contributed by atoms with Crippen LogP contribution < -0.4 is 5.32 Å². The molecule has 5 aliphatic rings. The van der Waals surface area contributed by atoms with Crippen molar-refractivity contribution in [1.82, 2.24) is 15.1 Å². The number of carboxylic acids is 1. The van der Waals surface area contributed by atoms with E-state index in [4.69, 9.17) is 0 Å². The molecule has 1 unspecified atom stereocenters. The molecule has 0 radical (unpaired) electrons. The summed E-state index contributed by atoms with van der Waals surface area (Å²) < 4.78 is 0. The average Bonchev–Trinajstić information content (AvgIpc) is 3.21. The number of rotatable bonds is 13. The van der Waals surface area contributed by atoms with Gasteiger partial charge in [-0.25, -0.2) is 0 Å². The Bertz CT molecular complexity index is 1330. The normalized spacial score (nSPS) is 29.5. The molecule has 9 nitrogen and oxygen atoms in total. The molecule has 0 aromatic heterocycles. The smallest absolute Gasteiger partial charge is 0.306 e. The van der Waals surface area contributed by atoms with Crippen molar-refractivity contribution in [2.45, 2.75) is 151 Å². The number of piperidine rings is 1. The van der Waals surface area contributed by atoms with Gasteiger partial charge in [-0.1, -0.05) is 88.0 Å². The number of aliphatic carboxylic acids is 1. The molecule has 5 fully saturated rings. The molecule has 2 N–H and O–H groups in total. The van der Waals surface area contributed by atoms with Crippen molar-refractivity contribution >= 4 is 29.4 Å². The van der Waals surface area contributed by atoms with Gasteiger partial charge in [0.2, 0.25) is 11.8 Å². The Morgan fingerprint density at radius 3 is 2.02 bits per heavy atom. The number of hydrogen-bond donors (Lipinski definition) is 2. The number of hydrogen-bond acceptors (Lipinski definition) is 6. The lowest BCUT2D eigenvalue weighted by atomic mass is 9.73. The summed E-state index contributed by atoms with van der Waals surface area (Å²) in [6.07, 6.45) is 9.21. The molecule has 2 saturated heterocycles. The Hall–Kier alpha value is -2.29. The maximum absolute atomic E-state index is 15.0. The van der Waals surface area contributed by atoms with Crippen molar-refractivity contribution in [3.8, 4) is 0 Å². The molecule has 9 heteroatoms. The average molecular weight is 698 g/mol. The van der Waals surface area contributed by atoms with Crippen molar-refractivity contribution in [3.05, 3.63) is 0 Å². The second-order valence-corrected chi connectivity index (χ2v) is 19.7. The van der Waals surface area contributed by atoms with E-state index in [-0.39, 0.29) is 58.4 Å². The summed E-state index contributed by atoms with van der Waals surface area (Å²) in [5.74, 6) is -2.77. The number of carbonyl (C=O) groups is 5. The molecule has 0 aromatic carbocycles. The summed E-state index contributed by atoms with van der Waals surface area (Å²) in [6.45, 7) is 21.5. The largest absolute Gasteiger partial charge is 0.481 e. The summed E-state index contributed by atoms with van der Waals surface area (Å²) in [4.78, 5) is 73.6. The molecular formula is C41H67N3O6. The minimum atomic E-state index is -0.929. The number of ketones is 2. The van der Waals surface area contributed by atoms with E-state index >= 15 is 0 Å². The number of amides is 2. The number of fused-ring (bicyclic) bond motifs is 1. The van der Waals surface area contributed by atoms with Crippen LogP contribution in [0.25, 0.3) is 0 Å². The van der Waals surface area contributed by atoms with Gasteiger partial charge in [0, 0.05) is 37.3 Å². The Morgan fingerprint density at radius 2 is 1.54 bits per heavy atom. The SMILES string of the molecule is CCN1CCC[C@H](C(=O)N[C@H](C(=O)C[C@@H](C(=O)N2CC3(C[C@H]2C(=O)C[C@H](CC2CCC2)C(=O)O)C(C)(C)C32CCC2)C(C)(C)C)C(C)(C)C)C1. The van der Waals surface area contributed by atoms with Crippen LogP contribution in [-0.2, 0) is 24.0 Å². The predicted molar refractivity (Wildman–Crippen MR) is 194 cm³/mol. The zero-order chi connectivity index (χ0) is 37.0. The fourth-order valence-electron chi connectivity index (χ4n) is 10.8. The van der Waals surface area contributed by atoms with Gasteiger partial charge in [0.25, 0.3) is 0 Å². The molecule has 5 rings (SSSR count). The predicted octanol–water partition coefficient (Wildman–Crippen LogP) is 6.52. The molecule has 2 heterocycles. The van der Waals surface area contributed by atoms with Crippen molar-refractivity contribution in [2.24, 2.45) is 50.7 Å². The maximum Gasteiger partial charge on any atom is 0.306 e. The molecule has 2 spiro atoms. The zero-order valence-electron chi connectivity index (χ0n) is 32.7. The minimum Gasteiger partial charge on any atom is -0.481 e. The van der Waals surface area contributed by atoms with Gasteiger partial charge >= 0.3 is 5.97 Å². The molecule has 282 valence electrons. The summed E-state index contributed by atoms with van der Waals surface area (Å²) in [5, 5.41) is 13.2. The first-order valence-electron chi connectivity index (χ1n) is 19.8. The Kier molecular flexibility index (Phi) is 10.8. The second kappa shape index (κ2) is 13.9. The third-order valence-corrected chi connectivity index (χ3v) is 14.7. The van der Waals surface area contributed by atoms with E-state index in [1.807, 2.05) is 41.5 Å².